The van der Waals surface area contributed by atoms with Crippen LogP contribution in [0.5, 0.6) is 0 Å². The fourth-order valence-electron chi connectivity index (χ4n) is 2.93. The van der Waals surface area contributed by atoms with Gasteiger partial charge < -0.3 is 9.64 Å². The lowest BCUT2D eigenvalue weighted by atomic mass is 9.96. The summed E-state index contributed by atoms with van der Waals surface area (Å²) < 4.78 is 5.40. The Hall–Kier alpha value is -2.24. The zero-order valence-electron chi connectivity index (χ0n) is 16.5. The van der Waals surface area contributed by atoms with Gasteiger partial charge in [0.15, 0.2) is 0 Å². The first kappa shape index (κ1) is 20.1. The number of carbonyl (C=O) groups is 2. The molecule has 6 heteroatoms. The lowest BCUT2D eigenvalue weighted by Gasteiger charge is -2.34. The van der Waals surface area contributed by atoms with Gasteiger partial charge in [0, 0.05) is 25.6 Å². The predicted molar refractivity (Wildman–Crippen MR) is 103 cm³/mol. The number of likely N-dealkylation sites (tertiary alicyclic amines) is 1. The molecule has 1 N–H and O–H groups in total. The third kappa shape index (κ3) is 5.64. The van der Waals surface area contributed by atoms with Gasteiger partial charge >= 0.3 is 6.09 Å². The van der Waals surface area contributed by atoms with Gasteiger partial charge in [-0.05, 0) is 59.6 Å². The van der Waals surface area contributed by atoms with E-state index in [0.717, 1.165) is 5.69 Å². The number of anilines is 1. The third-order valence-electron chi connectivity index (χ3n) is 4.42. The average Bonchev–Trinajstić information content (AvgIpc) is 2.59. The van der Waals surface area contributed by atoms with Crippen molar-refractivity contribution in [1.82, 2.24) is 10.3 Å². The number of amides is 2. The first-order valence-electron chi connectivity index (χ1n) is 9.32. The van der Waals surface area contributed by atoms with Crippen molar-refractivity contribution < 1.29 is 14.3 Å². The van der Waals surface area contributed by atoms with Crippen LogP contribution in [-0.2, 0) is 9.53 Å². The first-order valence-corrected chi connectivity index (χ1v) is 9.32. The standard InChI is InChI=1S/C20H31N3O3/c1-6-23(17-9-7-15(2)8-10-17)21-18(24)16-11-13-22(14-12-16)19(25)26-20(3,4)5/h7-10,16H,6,11-14H2,1-5H3,(H,21,24). The molecule has 1 heterocycles. The zero-order chi connectivity index (χ0) is 19.3. The maximum Gasteiger partial charge on any atom is 0.410 e. The number of nitrogens with zero attached hydrogens (tertiary/aromatic N) is 2. The maximum absolute atomic E-state index is 12.6. The minimum absolute atomic E-state index is 0.0104. The summed E-state index contributed by atoms with van der Waals surface area (Å²) in [5.41, 5.74) is 4.67. The molecule has 0 spiro atoms. The summed E-state index contributed by atoms with van der Waals surface area (Å²) in [6, 6.07) is 8.07. The summed E-state index contributed by atoms with van der Waals surface area (Å²) in [5, 5.41) is 1.86. The second-order valence-electron chi connectivity index (χ2n) is 7.80. The summed E-state index contributed by atoms with van der Waals surface area (Å²) in [5.74, 6) is -0.0792. The molecule has 2 amide bonds. The number of piperidine rings is 1. The van der Waals surface area contributed by atoms with Gasteiger partial charge in [0.25, 0.3) is 0 Å². The molecule has 1 fully saturated rings. The average molecular weight is 361 g/mol. The molecule has 0 saturated carbocycles. The number of hydrogen-bond acceptors (Lipinski definition) is 4. The predicted octanol–water partition coefficient (Wildman–Crippen LogP) is 3.50. The van der Waals surface area contributed by atoms with E-state index < -0.39 is 5.60 Å². The Bertz CT molecular complexity index is 614. The normalized spacial score (nSPS) is 15.5. The molecule has 0 bridgehead atoms. The van der Waals surface area contributed by atoms with Crippen molar-refractivity contribution in [2.45, 2.75) is 53.1 Å². The van der Waals surface area contributed by atoms with Crippen molar-refractivity contribution in [3.8, 4) is 0 Å². The van der Waals surface area contributed by atoms with Gasteiger partial charge in [0.2, 0.25) is 5.91 Å². The number of hydrogen-bond donors (Lipinski definition) is 1. The van der Waals surface area contributed by atoms with E-state index in [9.17, 15) is 9.59 Å². The Labute approximate surface area is 156 Å². The molecule has 0 radical (unpaired) electrons. The minimum atomic E-state index is -0.499. The number of carbonyl (C=O) groups excluding carboxylic acids is 2. The van der Waals surface area contributed by atoms with E-state index in [2.05, 4.69) is 5.43 Å². The van der Waals surface area contributed by atoms with E-state index >= 15 is 0 Å². The molecule has 1 aliphatic heterocycles. The molecular weight excluding hydrogens is 330 g/mol. The molecule has 0 aromatic heterocycles. The molecule has 1 saturated heterocycles. The van der Waals surface area contributed by atoms with Crippen molar-refractivity contribution in [2.24, 2.45) is 5.92 Å². The molecule has 1 aliphatic rings. The smallest absolute Gasteiger partial charge is 0.410 e. The molecular formula is C20H31N3O3. The number of rotatable bonds is 4. The zero-order valence-corrected chi connectivity index (χ0v) is 16.5. The first-order chi connectivity index (χ1) is 12.2. The quantitative estimate of drug-likeness (QED) is 0.834. The van der Waals surface area contributed by atoms with Crippen LogP contribution in [-0.4, -0.2) is 42.1 Å². The van der Waals surface area contributed by atoms with E-state index in [0.29, 0.717) is 32.5 Å². The molecule has 0 unspecified atom stereocenters. The van der Waals surface area contributed by atoms with Crippen molar-refractivity contribution in [1.29, 1.82) is 0 Å². The summed E-state index contributed by atoms with van der Waals surface area (Å²) >= 11 is 0. The van der Waals surface area contributed by atoms with Gasteiger partial charge in [-0.15, -0.1) is 0 Å². The van der Waals surface area contributed by atoms with Crippen LogP contribution in [0.25, 0.3) is 0 Å². The lowest BCUT2D eigenvalue weighted by Crippen LogP contribution is -2.49. The summed E-state index contributed by atoms with van der Waals surface area (Å²) in [6.45, 7) is 11.4. The number of ether oxygens (including phenoxy) is 1. The highest BCUT2D eigenvalue weighted by molar-refractivity contribution is 5.81. The van der Waals surface area contributed by atoms with Gasteiger partial charge in [-0.1, -0.05) is 17.7 Å². The molecule has 0 aliphatic carbocycles. The Morgan fingerprint density at radius 2 is 1.77 bits per heavy atom. The van der Waals surface area contributed by atoms with E-state index in [4.69, 9.17) is 4.74 Å². The molecule has 2 rings (SSSR count). The Morgan fingerprint density at radius 3 is 2.27 bits per heavy atom. The van der Waals surface area contributed by atoms with Crippen LogP contribution in [0.1, 0.15) is 46.1 Å². The van der Waals surface area contributed by atoms with Gasteiger partial charge in [0.05, 0.1) is 5.69 Å². The van der Waals surface area contributed by atoms with Crippen LogP contribution >= 0.6 is 0 Å². The third-order valence-corrected chi connectivity index (χ3v) is 4.42. The SMILES string of the molecule is CCN(NC(=O)C1CCN(C(=O)OC(C)(C)C)CC1)c1ccc(C)cc1. The number of hydrazine groups is 1. The molecule has 1 aromatic carbocycles. The lowest BCUT2D eigenvalue weighted by molar-refractivity contribution is -0.126. The van der Waals surface area contributed by atoms with Crippen LogP contribution < -0.4 is 10.4 Å². The molecule has 1 aromatic rings. The van der Waals surface area contributed by atoms with Crippen molar-refractivity contribution >= 4 is 17.7 Å². The van der Waals surface area contributed by atoms with Gasteiger partial charge in [-0.2, -0.15) is 0 Å². The van der Waals surface area contributed by atoms with Crippen LogP contribution in [0.2, 0.25) is 0 Å². The highest BCUT2D eigenvalue weighted by Crippen LogP contribution is 2.21. The summed E-state index contributed by atoms with van der Waals surface area (Å²) in [6.07, 6.45) is 0.999. The highest BCUT2D eigenvalue weighted by atomic mass is 16.6. The van der Waals surface area contributed by atoms with Gasteiger partial charge in [-0.3, -0.25) is 15.2 Å². The number of aryl methyl sites for hydroxylation is 1. The fraction of sp³-hybridized carbons (Fsp3) is 0.600. The molecule has 0 atom stereocenters. The summed E-state index contributed by atoms with van der Waals surface area (Å²) in [4.78, 5) is 26.4. The van der Waals surface area contributed by atoms with Crippen molar-refractivity contribution in [3.63, 3.8) is 0 Å². The van der Waals surface area contributed by atoms with E-state index in [1.165, 1.54) is 5.56 Å². The van der Waals surface area contributed by atoms with Crippen LogP contribution in [0.3, 0.4) is 0 Å². The Balaban J connectivity index is 1.87. The van der Waals surface area contributed by atoms with E-state index in [-0.39, 0.29) is 17.9 Å². The molecule has 6 nitrogen and oxygen atoms in total. The van der Waals surface area contributed by atoms with E-state index in [1.54, 1.807) is 4.90 Å². The van der Waals surface area contributed by atoms with Crippen molar-refractivity contribution in [3.05, 3.63) is 29.8 Å². The van der Waals surface area contributed by atoms with Gasteiger partial charge in [0.1, 0.15) is 5.60 Å². The van der Waals surface area contributed by atoms with Crippen LogP contribution in [0, 0.1) is 12.8 Å². The highest BCUT2D eigenvalue weighted by Gasteiger charge is 2.30. The largest absolute Gasteiger partial charge is 0.444 e. The van der Waals surface area contributed by atoms with Crippen molar-refractivity contribution in [2.75, 3.05) is 24.6 Å². The maximum atomic E-state index is 12.6. The van der Waals surface area contributed by atoms with Crippen LogP contribution in [0.15, 0.2) is 24.3 Å². The number of nitrogens with one attached hydrogen (secondary N) is 1. The van der Waals surface area contributed by atoms with E-state index in [1.807, 2.05) is 63.9 Å². The fourth-order valence-corrected chi connectivity index (χ4v) is 2.93. The van der Waals surface area contributed by atoms with Crippen LogP contribution in [0.4, 0.5) is 10.5 Å². The van der Waals surface area contributed by atoms with Gasteiger partial charge in [-0.25, -0.2) is 4.79 Å². The Kier molecular flexibility index (Phi) is 6.51. The summed E-state index contributed by atoms with van der Waals surface area (Å²) in [7, 11) is 0. The topological polar surface area (TPSA) is 61.9 Å². The second kappa shape index (κ2) is 8.43. The minimum Gasteiger partial charge on any atom is -0.444 e. The molecule has 26 heavy (non-hydrogen) atoms. The molecule has 144 valence electrons. The number of benzene rings is 1. The monoisotopic (exact) mass is 361 g/mol. The second-order valence-corrected chi connectivity index (χ2v) is 7.80. The Morgan fingerprint density at radius 1 is 1.19 bits per heavy atom.